The molecule has 1 aromatic carbocycles. The van der Waals surface area contributed by atoms with Crippen molar-refractivity contribution in [1.29, 1.82) is 0 Å². The molecule has 0 radical (unpaired) electrons. The minimum atomic E-state index is -3.57. The zero-order valence-electron chi connectivity index (χ0n) is 16.9. The van der Waals surface area contributed by atoms with Gasteiger partial charge in [0, 0.05) is 30.7 Å². The third-order valence-electron chi connectivity index (χ3n) is 4.94. The van der Waals surface area contributed by atoms with Crippen molar-refractivity contribution in [2.24, 2.45) is 0 Å². The molecule has 0 saturated heterocycles. The number of aromatic nitrogens is 1. The molecule has 0 saturated carbocycles. The van der Waals surface area contributed by atoms with Crippen LogP contribution in [0.5, 0.6) is 5.75 Å². The van der Waals surface area contributed by atoms with E-state index in [1.54, 1.807) is 12.1 Å². The van der Waals surface area contributed by atoms with Crippen LogP contribution in [-0.4, -0.2) is 42.9 Å². The van der Waals surface area contributed by atoms with Gasteiger partial charge in [-0.2, -0.15) is 4.31 Å². The van der Waals surface area contributed by atoms with Crippen LogP contribution in [0, 0.1) is 0 Å². The van der Waals surface area contributed by atoms with Crippen molar-refractivity contribution in [3.63, 3.8) is 0 Å². The van der Waals surface area contributed by atoms with E-state index in [1.807, 2.05) is 45.9 Å². The molecule has 3 rings (SSSR count). The first kappa shape index (κ1) is 20.6. The summed E-state index contributed by atoms with van der Waals surface area (Å²) in [4.78, 5) is 4.56. The van der Waals surface area contributed by atoms with Crippen LogP contribution in [-0.2, 0) is 10.0 Å². The molecule has 1 unspecified atom stereocenters. The van der Waals surface area contributed by atoms with Gasteiger partial charge in [0.1, 0.15) is 16.5 Å². The van der Waals surface area contributed by atoms with Gasteiger partial charge in [-0.3, -0.25) is 0 Å². The van der Waals surface area contributed by atoms with Crippen LogP contribution in [0.15, 0.2) is 47.5 Å². The largest absolute Gasteiger partial charge is 0.493 e. The number of nitrogens with zero attached hydrogens (tertiary/aromatic N) is 2. The molecule has 1 N–H and O–H groups in total. The first-order chi connectivity index (χ1) is 13.3. The number of pyridine rings is 1. The number of rotatable bonds is 7. The van der Waals surface area contributed by atoms with Gasteiger partial charge < -0.3 is 10.1 Å². The van der Waals surface area contributed by atoms with Crippen LogP contribution in [0.2, 0.25) is 0 Å². The maximum atomic E-state index is 12.9. The summed E-state index contributed by atoms with van der Waals surface area (Å²) in [6, 6.07) is 11.2. The van der Waals surface area contributed by atoms with Crippen LogP contribution in [0.3, 0.4) is 0 Å². The van der Waals surface area contributed by atoms with E-state index in [1.165, 1.54) is 16.1 Å². The summed E-state index contributed by atoms with van der Waals surface area (Å²) in [5, 5.41) is 3.33. The van der Waals surface area contributed by atoms with Crippen LogP contribution < -0.4 is 10.1 Å². The standard InChI is InChI=1S/C21H29N3O3S/c1-15(2)24(16(3)4)28(25,26)18-9-10-21(23-14-18)22-13-17-11-12-27-20-8-6-5-7-19(17)20/h5-10,14-17H,11-13H2,1-4H3,(H,22,23). The highest BCUT2D eigenvalue weighted by molar-refractivity contribution is 7.89. The predicted octanol–water partition coefficient (Wildman–Crippen LogP) is 3.87. The highest BCUT2D eigenvalue weighted by Gasteiger charge is 2.29. The third kappa shape index (κ3) is 4.31. The van der Waals surface area contributed by atoms with E-state index < -0.39 is 10.0 Å². The van der Waals surface area contributed by atoms with Crippen molar-refractivity contribution >= 4 is 15.8 Å². The molecule has 1 atom stereocenters. The molecular formula is C21H29N3O3S. The van der Waals surface area contributed by atoms with E-state index in [2.05, 4.69) is 16.4 Å². The van der Waals surface area contributed by atoms with E-state index in [0.29, 0.717) is 18.3 Å². The van der Waals surface area contributed by atoms with Gasteiger partial charge in [-0.05, 0) is 57.9 Å². The van der Waals surface area contributed by atoms with Gasteiger partial charge in [0.05, 0.1) is 6.61 Å². The molecule has 0 amide bonds. The van der Waals surface area contributed by atoms with Crippen molar-refractivity contribution in [1.82, 2.24) is 9.29 Å². The lowest BCUT2D eigenvalue weighted by atomic mass is 9.93. The monoisotopic (exact) mass is 403 g/mol. The molecule has 6 nitrogen and oxygen atoms in total. The van der Waals surface area contributed by atoms with Gasteiger partial charge in [-0.25, -0.2) is 13.4 Å². The van der Waals surface area contributed by atoms with Gasteiger partial charge in [-0.1, -0.05) is 18.2 Å². The lowest BCUT2D eigenvalue weighted by Crippen LogP contribution is -2.41. The number of sulfonamides is 1. The SMILES string of the molecule is CC(C)N(C(C)C)S(=O)(=O)c1ccc(NCC2CCOc3ccccc32)nc1. The summed E-state index contributed by atoms with van der Waals surface area (Å²) in [5.41, 5.74) is 1.20. The Morgan fingerprint density at radius 2 is 1.86 bits per heavy atom. The van der Waals surface area contributed by atoms with Crippen LogP contribution in [0.1, 0.15) is 45.6 Å². The highest BCUT2D eigenvalue weighted by atomic mass is 32.2. The maximum Gasteiger partial charge on any atom is 0.245 e. The average Bonchev–Trinajstić information content (AvgIpc) is 2.65. The van der Waals surface area contributed by atoms with Crippen LogP contribution in [0.25, 0.3) is 0 Å². The number of para-hydroxylation sites is 1. The van der Waals surface area contributed by atoms with Crippen LogP contribution in [0.4, 0.5) is 5.82 Å². The summed E-state index contributed by atoms with van der Waals surface area (Å²) in [6.45, 7) is 8.95. The number of fused-ring (bicyclic) bond motifs is 1. The number of hydrogen-bond donors (Lipinski definition) is 1. The molecule has 2 heterocycles. The molecule has 1 aliphatic heterocycles. The van der Waals surface area contributed by atoms with Gasteiger partial charge >= 0.3 is 0 Å². The Kier molecular flexibility index (Phi) is 6.25. The second-order valence-electron chi connectivity index (χ2n) is 7.65. The van der Waals surface area contributed by atoms with E-state index >= 15 is 0 Å². The number of anilines is 1. The van der Waals surface area contributed by atoms with E-state index in [9.17, 15) is 8.42 Å². The molecule has 1 aromatic heterocycles. The van der Waals surface area contributed by atoms with Gasteiger partial charge in [0.2, 0.25) is 10.0 Å². The average molecular weight is 404 g/mol. The van der Waals surface area contributed by atoms with Crippen molar-refractivity contribution in [3.05, 3.63) is 48.2 Å². The number of ether oxygens (including phenoxy) is 1. The lowest BCUT2D eigenvalue weighted by Gasteiger charge is -2.29. The molecular weight excluding hydrogens is 374 g/mol. The highest BCUT2D eigenvalue weighted by Crippen LogP contribution is 2.33. The van der Waals surface area contributed by atoms with E-state index in [0.717, 1.165) is 18.7 Å². The van der Waals surface area contributed by atoms with Crippen molar-refractivity contribution in [2.45, 2.75) is 57.0 Å². The minimum absolute atomic E-state index is 0.114. The van der Waals surface area contributed by atoms with Crippen molar-refractivity contribution < 1.29 is 13.2 Å². The van der Waals surface area contributed by atoms with E-state index in [-0.39, 0.29) is 17.0 Å². The Bertz CT molecular complexity index is 887. The summed E-state index contributed by atoms with van der Waals surface area (Å²) in [7, 11) is -3.57. The quantitative estimate of drug-likeness (QED) is 0.760. The summed E-state index contributed by atoms with van der Waals surface area (Å²) in [6.07, 6.45) is 2.38. The van der Waals surface area contributed by atoms with Crippen molar-refractivity contribution in [2.75, 3.05) is 18.5 Å². The molecule has 0 aliphatic carbocycles. The second-order valence-corrected chi connectivity index (χ2v) is 9.50. The zero-order valence-corrected chi connectivity index (χ0v) is 17.7. The fraction of sp³-hybridized carbons (Fsp3) is 0.476. The molecule has 0 spiro atoms. The minimum Gasteiger partial charge on any atom is -0.493 e. The first-order valence-corrected chi connectivity index (χ1v) is 11.2. The number of nitrogens with one attached hydrogen (secondary N) is 1. The molecule has 2 aromatic rings. The molecule has 1 aliphatic rings. The summed E-state index contributed by atoms with van der Waals surface area (Å²) < 4.78 is 33.1. The van der Waals surface area contributed by atoms with Gasteiger partial charge in [0.15, 0.2) is 0 Å². The second kappa shape index (κ2) is 8.49. The van der Waals surface area contributed by atoms with Gasteiger partial charge in [0.25, 0.3) is 0 Å². The fourth-order valence-corrected chi connectivity index (χ4v) is 5.55. The Morgan fingerprint density at radius 3 is 2.50 bits per heavy atom. The van der Waals surface area contributed by atoms with Crippen molar-refractivity contribution in [3.8, 4) is 5.75 Å². The molecule has 7 heteroatoms. The Balaban J connectivity index is 1.70. The Hall–Kier alpha value is -2.12. The predicted molar refractivity (Wildman–Crippen MR) is 111 cm³/mol. The molecule has 152 valence electrons. The molecule has 0 fully saturated rings. The topological polar surface area (TPSA) is 71.5 Å². The molecule has 28 heavy (non-hydrogen) atoms. The Labute approximate surface area is 168 Å². The number of benzene rings is 1. The Morgan fingerprint density at radius 1 is 1.14 bits per heavy atom. The first-order valence-electron chi connectivity index (χ1n) is 9.76. The van der Waals surface area contributed by atoms with E-state index in [4.69, 9.17) is 4.74 Å². The fourth-order valence-electron chi connectivity index (χ4n) is 3.77. The third-order valence-corrected chi connectivity index (χ3v) is 7.18. The normalized spacial score (nSPS) is 16.9. The van der Waals surface area contributed by atoms with Gasteiger partial charge in [-0.15, -0.1) is 0 Å². The summed E-state index contributed by atoms with van der Waals surface area (Å²) >= 11 is 0. The zero-order chi connectivity index (χ0) is 20.3. The number of hydrogen-bond acceptors (Lipinski definition) is 5. The lowest BCUT2D eigenvalue weighted by molar-refractivity contribution is 0.270. The maximum absolute atomic E-state index is 12.9. The van der Waals surface area contributed by atoms with Crippen LogP contribution >= 0.6 is 0 Å². The smallest absolute Gasteiger partial charge is 0.245 e. The summed E-state index contributed by atoms with van der Waals surface area (Å²) in [5.74, 6) is 1.95. The molecule has 0 bridgehead atoms.